The van der Waals surface area contributed by atoms with E-state index in [9.17, 15) is 10.1 Å². The lowest BCUT2D eigenvalue weighted by molar-refractivity contribution is -0.117. The summed E-state index contributed by atoms with van der Waals surface area (Å²) >= 11 is 0. The molecule has 0 aliphatic heterocycles. The number of hydrogen-bond acceptors (Lipinski definition) is 5. The SMILES string of the molecule is COc1ccccc1C=C(C#N)C(=O)NCCc1ccc(OC)c(OC)c1. The Morgan fingerprint density at radius 3 is 2.41 bits per heavy atom. The van der Waals surface area contributed by atoms with Crippen LogP contribution in [0.1, 0.15) is 11.1 Å². The van der Waals surface area contributed by atoms with Gasteiger partial charge < -0.3 is 19.5 Å². The molecular formula is C21H22N2O4. The third kappa shape index (κ3) is 5.25. The highest BCUT2D eigenvalue weighted by atomic mass is 16.5. The number of benzene rings is 2. The largest absolute Gasteiger partial charge is 0.496 e. The van der Waals surface area contributed by atoms with Crippen molar-refractivity contribution in [2.45, 2.75) is 6.42 Å². The molecule has 0 saturated heterocycles. The molecule has 2 rings (SSSR count). The minimum Gasteiger partial charge on any atom is -0.496 e. The molecule has 0 atom stereocenters. The molecule has 0 aliphatic rings. The molecule has 140 valence electrons. The van der Waals surface area contributed by atoms with Gasteiger partial charge in [0.05, 0.1) is 21.3 Å². The molecule has 0 bridgehead atoms. The zero-order valence-electron chi connectivity index (χ0n) is 15.6. The highest BCUT2D eigenvalue weighted by Gasteiger charge is 2.11. The fourth-order valence-electron chi connectivity index (χ4n) is 2.54. The topological polar surface area (TPSA) is 80.6 Å². The summed E-state index contributed by atoms with van der Waals surface area (Å²) in [5.41, 5.74) is 1.68. The quantitative estimate of drug-likeness (QED) is 0.574. The Morgan fingerprint density at radius 1 is 1.04 bits per heavy atom. The van der Waals surface area contributed by atoms with Crippen molar-refractivity contribution in [3.63, 3.8) is 0 Å². The summed E-state index contributed by atoms with van der Waals surface area (Å²) in [4.78, 5) is 12.3. The standard InChI is InChI=1S/C21H22N2O4/c1-25-18-7-5-4-6-16(18)13-17(14-22)21(24)23-11-10-15-8-9-19(26-2)20(12-15)27-3/h4-9,12-13H,10-11H2,1-3H3,(H,23,24). The molecule has 6 nitrogen and oxygen atoms in total. The fraction of sp³-hybridized carbons (Fsp3) is 0.238. The second-order valence-electron chi connectivity index (χ2n) is 5.61. The van der Waals surface area contributed by atoms with Gasteiger partial charge in [0.2, 0.25) is 0 Å². The molecule has 1 amide bonds. The second-order valence-corrected chi connectivity index (χ2v) is 5.61. The van der Waals surface area contributed by atoms with E-state index in [1.807, 2.05) is 36.4 Å². The van der Waals surface area contributed by atoms with E-state index in [4.69, 9.17) is 14.2 Å². The van der Waals surface area contributed by atoms with E-state index in [0.29, 0.717) is 35.8 Å². The fourth-order valence-corrected chi connectivity index (χ4v) is 2.54. The summed E-state index contributed by atoms with van der Waals surface area (Å²) in [6.45, 7) is 0.388. The average molecular weight is 366 g/mol. The van der Waals surface area contributed by atoms with Gasteiger partial charge in [0.25, 0.3) is 5.91 Å². The highest BCUT2D eigenvalue weighted by Crippen LogP contribution is 2.27. The molecule has 0 aromatic heterocycles. The Labute approximate surface area is 159 Å². The maximum atomic E-state index is 12.3. The molecule has 0 spiro atoms. The Bertz CT molecular complexity index is 869. The zero-order chi connectivity index (χ0) is 19.6. The van der Waals surface area contributed by atoms with Crippen molar-refractivity contribution in [1.82, 2.24) is 5.32 Å². The van der Waals surface area contributed by atoms with Crippen molar-refractivity contribution in [3.05, 3.63) is 59.2 Å². The maximum Gasteiger partial charge on any atom is 0.261 e. The third-order valence-electron chi connectivity index (χ3n) is 3.95. The lowest BCUT2D eigenvalue weighted by Gasteiger charge is -2.10. The number of ether oxygens (including phenoxy) is 3. The summed E-state index contributed by atoms with van der Waals surface area (Å²) < 4.78 is 15.7. The van der Waals surface area contributed by atoms with E-state index in [-0.39, 0.29) is 5.57 Å². The van der Waals surface area contributed by atoms with Gasteiger partial charge in [0, 0.05) is 12.1 Å². The number of nitriles is 1. The lowest BCUT2D eigenvalue weighted by Crippen LogP contribution is -2.26. The molecule has 6 heteroatoms. The first-order valence-corrected chi connectivity index (χ1v) is 8.36. The molecule has 0 aliphatic carbocycles. The van der Waals surface area contributed by atoms with Gasteiger partial charge in [-0.2, -0.15) is 5.26 Å². The van der Waals surface area contributed by atoms with E-state index in [2.05, 4.69) is 5.32 Å². The van der Waals surface area contributed by atoms with Crippen LogP contribution in [-0.4, -0.2) is 33.8 Å². The molecule has 2 aromatic rings. The van der Waals surface area contributed by atoms with Crippen LogP contribution in [0.2, 0.25) is 0 Å². The summed E-state index contributed by atoms with van der Waals surface area (Å²) in [6, 6.07) is 14.7. The van der Waals surface area contributed by atoms with E-state index in [0.717, 1.165) is 5.56 Å². The van der Waals surface area contributed by atoms with Crippen LogP contribution in [-0.2, 0) is 11.2 Å². The van der Waals surface area contributed by atoms with Crippen LogP contribution in [0.25, 0.3) is 6.08 Å². The molecule has 0 heterocycles. The minimum atomic E-state index is -0.427. The van der Waals surface area contributed by atoms with Crippen molar-refractivity contribution < 1.29 is 19.0 Å². The molecule has 0 fully saturated rings. The van der Waals surface area contributed by atoms with Gasteiger partial charge in [-0.05, 0) is 36.3 Å². The van der Waals surface area contributed by atoms with Crippen LogP contribution >= 0.6 is 0 Å². The number of carbonyl (C=O) groups is 1. The smallest absolute Gasteiger partial charge is 0.261 e. The molecule has 0 unspecified atom stereocenters. The van der Waals surface area contributed by atoms with Gasteiger partial charge in [-0.25, -0.2) is 0 Å². The predicted molar refractivity (Wildman–Crippen MR) is 103 cm³/mol. The van der Waals surface area contributed by atoms with Gasteiger partial charge in [-0.3, -0.25) is 4.79 Å². The molecule has 0 radical (unpaired) electrons. The summed E-state index contributed by atoms with van der Waals surface area (Å²) in [5, 5.41) is 12.1. The Morgan fingerprint density at radius 2 is 1.74 bits per heavy atom. The number of carbonyl (C=O) groups excluding carboxylic acids is 1. The Hall–Kier alpha value is -3.46. The second kappa shape index (κ2) is 9.88. The number of para-hydroxylation sites is 1. The number of methoxy groups -OCH3 is 3. The first kappa shape index (κ1) is 19.9. The number of hydrogen-bond donors (Lipinski definition) is 1. The van der Waals surface area contributed by atoms with Crippen LogP contribution in [0.15, 0.2) is 48.0 Å². The highest BCUT2D eigenvalue weighted by molar-refractivity contribution is 6.01. The van der Waals surface area contributed by atoms with Crippen molar-refractivity contribution in [2.75, 3.05) is 27.9 Å². The monoisotopic (exact) mass is 366 g/mol. The molecule has 2 aromatic carbocycles. The third-order valence-corrected chi connectivity index (χ3v) is 3.95. The van der Waals surface area contributed by atoms with Gasteiger partial charge >= 0.3 is 0 Å². The van der Waals surface area contributed by atoms with Crippen LogP contribution in [0, 0.1) is 11.3 Å². The first-order chi connectivity index (χ1) is 13.1. The number of rotatable bonds is 8. The van der Waals surface area contributed by atoms with Crippen LogP contribution in [0.4, 0.5) is 0 Å². The van der Waals surface area contributed by atoms with E-state index >= 15 is 0 Å². The summed E-state index contributed by atoms with van der Waals surface area (Å²) in [6.07, 6.45) is 2.12. The Balaban J connectivity index is 2.02. The van der Waals surface area contributed by atoms with Gasteiger partial charge in [-0.15, -0.1) is 0 Å². The zero-order valence-corrected chi connectivity index (χ0v) is 15.6. The number of nitrogens with zero attached hydrogens (tertiary/aromatic N) is 1. The van der Waals surface area contributed by atoms with Gasteiger partial charge in [-0.1, -0.05) is 24.3 Å². The number of amides is 1. The summed E-state index contributed by atoms with van der Waals surface area (Å²) in [5.74, 6) is 1.46. The van der Waals surface area contributed by atoms with Crippen molar-refractivity contribution >= 4 is 12.0 Å². The van der Waals surface area contributed by atoms with Crippen molar-refractivity contribution in [2.24, 2.45) is 0 Å². The maximum absolute atomic E-state index is 12.3. The average Bonchev–Trinajstić information content (AvgIpc) is 2.71. The number of nitrogens with one attached hydrogen (secondary N) is 1. The van der Waals surface area contributed by atoms with Crippen molar-refractivity contribution in [3.8, 4) is 23.3 Å². The first-order valence-electron chi connectivity index (χ1n) is 8.36. The summed E-state index contributed by atoms with van der Waals surface area (Å²) in [7, 11) is 4.70. The van der Waals surface area contributed by atoms with Gasteiger partial charge in [0.15, 0.2) is 11.5 Å². The Kier molecular flexibility index (Phi) is 7.26. The van der Waals surface area contributed by atoms with Crippen LogP contribution in [0.3, 0.4) is 0 Å². The molecule has 0 saturated carbocycles. The lowest BCUT2D eigenvalue weighted by atomic mass is 10.1. The van der Waals surface area contributed by atoms with E-state index < -0.39 is 5.91 Å². The van der Waals surface area contributed by atoms with Crippen LogP contribution in [0.5, 0.6) is 17.2 Å². The van der Waals surface area contributed by atoms with Gasteiger partial charge in [0.1, 0.15) is 17.4 Å². The molecule has 27 heavy (non-hydrogen) atoms. The molecular weight excluding hydrogens is 344 g/mol. The van der Waals surface area contributed by atoms with Crippen molar-refractivity contribution in [1.29, 1.82) is 5.26 Å². The van der Waals surface area contributed by atoms with E-state index in [1.165, 1.54) is 6.08 Å². The normalized spacial score (nSPS) is 10.7. The van der Waals surface area contributed by atoms with Crippen LogP contribution < -0.4 is 19.5 Å². The minimum absolute atomic E-state index is 0.0202. The van der Waals surface area contributed by atoms with E-state index in [1.54, 1.807) is 33.5 Å². The molecule has 1 N–H and O–H groups in total. The predicted octanol–water partition coefficient (Wildman–Crippen LogP) is 2.98.